The summed E-state index contributed by atoms with van der Waals surface area (Å²) in [6.45, 7) is 4.40. The Morgan fingerprint density at radius 3 is 2.55 bits per heavy atom. The van der Waals surface area contributed by atoms with Gasteiger partial charge in [0.15, 0.2) is 5.13 Å². The van der Waals surface area contributed by atoms with Crippen LogP contribution < -0.4 is 5.73 Å². The average molecular weight is 170 g/mol. The quantitative estimate of drug-likeness (QED) is 0.757. The van der Waals surface area contributed by atoms with Gasteiger partial charge in [0.1, 0.15) is 0 Å². The van der Waals surface area contributed by atoms with E-state index in [1.165, 1.54) is 17.7 Å². The summed E-state index contributed by atoms with van der Waals surface area (Å²) < 4.78 is 0. The van der Waals surface area contributed by atoms with Crippen molar-refractivity contribution in [1.29, 1.82) is 0 Å². The highest BCUT2D eigenvalue weighted by Gasteiger charge is 2.09. The fourth-order valence-electron chi connectivity index (χ4n) is 1.18. The van der Waals surface area contributed by atoms with Crippen LogP contribution in [0.3, 0.4) is 0 Å². The highest BCUT2D eigenvalue weighted by Crippen LogP contribution is 2.28. The van der Waals surface area contributed by atoms with Crippen molar-refractivity contribution in [2.75, 3.05) is 5.73 Å². The molecule has 0 bridgehead atoms. The maximum Gasteiger partial charge on any atom is 0.180 e. The van der Waals surface area contributed by atoms with E-state index in [0.29, 0.717) is 11.0 Å². The Balaban J connectivity index is 2.73. The minimum absolute atomic E-state index is 0.657. The number of nitrogens with zero attached hydrogens (tertiary/aromatic N) is 1. The van der Waals surface area contributed by atoms with Gasteiger partial charge in [0.05, 0.1) is 0 Å². The lowest BCUT2D eigenvalue weighted by Gasteiger charge is -2.07. The molecule has 0 aromatic carbocycles. The Morgan fingerprint density at radius 2 is 2.18 bits per heavy atom. The molecule has 1 aromatic rings. The summed E-state index contributed by atoms with van der Waals surface area (Å²) >= 11 is 1.61. The van der Waals surface area contributed by atoms with Crippen LogP contribution in [0.1, 0.15) is 37.5 Å². The largest absolute Gasteiger partial charge is 0.375 e. The fraction of sp³-hybridized carbons (Fsp3) is 0.625. The molecule has 3 heteroatoms. The molecule has 0 aliphatic carbocycles. The number of nitrogens with two attached hydrogens (primary N) is 1. The number of nitrogen functional groups attached to an aromatic ring is 1. The third kappa shape index (κ3) is 1.93. The van der Waals surface area contributed by atoms with Crippen molar-refractivity contribution < 1.29 is 0 Å². The van der Waals surface area contributed by atoms with E-state index in [9.17, 15) is 0 Å². The Labute approximate surface area is 71.5 Å². The molecule has 0 unspecified atom stereocenters. The molecule has 11 heavy (non-hydrogen) atoms. The lowest BCUT2D eigenvalue weighted by Crippen LogP contribution is -1.90. The van der Waals surface area contributed by atoms with E-state index in [1.807, 2.05) is 6.20 Å². The van der Waals surface area contributed by atoms with Crippen molar-refractivity contribution in [3.8, 4) is 0 Å². The minimum atomic E-state index is 0.657. The van der Waals surface area contributed by atoms with E-state index in [-0.39, 0.29) is 0 Å². The molecule has 0 amide bonds. The zero-order valence-electron chi connectivity index (χ0n) is 7.00. The third-order valence-electron chi connectivity index (χ3n) is 1.93. The van der Waals surface area contributed by atoms with Gasteiger partial charge in [0, 0.05) is 11.1 Å². The van der Waals surface area contributed by atoms with Gasteiger partial charge in [-0.25, -0.2) is 4.98 Å². The monoisotopic (exact) mass is 170 g/mol. The van der Waals surface area contributed by atoms with Crippen LogP contribution in [-0.2, 0) is 0 Å². The van der Waals surface area contributed by atoms with Crippen LogP contribution in [0.5, 0.6) is 0 Å². The summed E-state index contributed by atoms with van der Waals surface area (Å²) in [6.07, 6.45) is 4.26. The van der Waals surface area contributed by atoms with Gasteiger partial charge < -0.3 is 5.73 Å². The van der Waals surface area contributed by atoms with E-state index in [0.717, 1.165) is 0 Å². The summed E-state index contributed by atoms with van der Waals surface area (Å²) in [6, 6.07) is 0. The molecule has 1 aromatic heterocycles. The van der Waals surface area contributed by atoms with Gasteiger partial charge in [-0.3, -0.25) is 0 Å². The second-order valence-corrected chi connectivity index (χ2v) is 3.71. The Hall–Kier alpha value is -0.570. The maximum atomic E-state index is 5.53. The smallest absolute Gasteiger partial charge is 0.180 e. The second-order valence-electron chi connectivity index (χ2n) is 2.61. The van der Waals surface area contributed by atoms with Crippen LogP contribution in [0.25, 0.3) is 0 Å². The number of hydrogen-bond donors (Lipinski definition) is 1. The zero-order chi connectivity index (χ0) is 8.27. The molecule has 0 fully saturated rings. The van der Waals surface area contributed by atoms with E-state index in [1.54, 1.807) is 11.3 Å². The molecule has 0 aliphatic rings. The van der Waals surface area contributed by atoms with Gasteiger partial charge in [0.25, 0.3) is 0 Å². The van der Waals surface area contributed by atoms with Crippen molar-refractivity contribution in [1.82, 2.24) is 4.98 Å². The van der Waals surface area contributed by atoms with E-state index in [2.05, 4.69) is 18.8 Å². The van der Waals surface area contributed by atoms with Crippen molar-refractivity contribution >= 4 is 16.5 Å². The lowest BCUT2D eigenvalue weighted by molar-refractivity contribution is 0.652. The number of thiazole rings is 1. The molecule has 1 heterocycles. The first-order valence-electron chi connectivity index (χ1n) is 3.99. The molecular weight excluding hydrogens is 156 g/mol. The Morgan fingerprint density at radius 1 is 1.55 bits per heavy atom. The van der Waals surface area contributed by atoms with Crippen molar-refractivity contribution in [3.05, 3.63) is 11.1 Å². The molecule has 2 nitrogen and oxygen atoms in total. The number of rotatable bonds is 3. The first-order valence-corrected chi connectivity index (χ1v) is 4.80. The molecule has 0 atom stereocenters. The topological polar surface area (TPSA) is 38.9 Å². The zero-order valence-corrected chi connectivity index (χ0v) is 7.82. The molecule has 0 saturated carbocycles. The van der Waals surface area contributed by atoms with Gasteiger partial charge in [-0.2, -0.15) is 0 Å². The molecule has 1 rings (SSSR count). The maximum absolute atomic E-state index is 5.53. The highest BCUT2D eigenvalue weighted by molar-refractivity contribution is 7.15. The fourth-order valence-corrected chi connectivity index (χ4v) is 2.13. The van der Waals surface area contributed by atoms with Crippen molar-refractivity contribution in [2.24, 2.45) is 0 Å². The summed E-state index contributed by atoms with van der Waals surface area (Å²) in [5, 5.41) is 0.687. The highest BCUT2D eigenvalue weighted by atomic mass is 32.1. The molecule has 0 aliphatic heterocycles. The number of anilines is 1. The number of aromatic nitrogens is 1. The normalized spacial score (nSPS) is 10.8. The molecule has 0 spiro atoms. The summed E-state index contributed by atoms with van der Waals surface area (Å²) in [7, 11) is 0. The second kappa shape index (κ2) is 3.72. The Kier molecular flexibility index (Phi) is 2.88. The Bertz CT molecular complexity index is 216. The van der Waals surface area contributed by atoms with Gasteiger partial charge in [-0.1, -0.05) is 13.8 Å². The van der Waals surface area contributed by atoms with E-state index >= 15 is 0 Å². The molecule has 62 valence electrons. The first-order chi connectivity index (χ1) is 5.27. The lowest BCUT2D eigenvalue weighted by atomic mass is 10.0. The average Bonchev–Trinajstić information content (AvgIpc) is 2.39. The molecule has 2 N–H and O–H groups in total. The summed E-state index contributed by atoms with van der Waals surface area (Å²) in [5.74, 6) is 0.657. The van der Waals surface area contributed by atoms with Crippen LogP contribution >= 0.6 is 11.3 Å². The standard InChI is InChI=1S/C8H14N2S/c1-3-6(4-2)7-5-10-8(9)11-7/h5-6H,3-4H2,1-2H3,(H2,9,10). The summed E-state index contributed by atoms with van der Waals surface area (Å²) in [4.78, 5) is 5.36. The van der Waals surface area contributed by atoms with Crippen molar-refractivity contribution in [3.63, 3.8) is 0 Å². The number of hydrogen-bond acceptors (Lipinski definition) is 3. The predicted octanol–water partition coefficient (Wildman–Crippen LogP) is 2.63. The third-order valence-corrected chi connectivity index (χ3v) is 2.92. The SMILES string of the molecule is CCC(CC)c1cnc(N)s1. The van der Waals surface area contributed by atoms with E-state index in [4.69, 9.17) is 5.73 Å². The van der Waals surface area contributed by atoms with Gasteiger partial charge in [-0.15, -0.1) is 11.3 Å². The van der Waals surface area contributed by atoms with Crippen molar-refractivity contribution in [2.45, 2.75) is 32.6 Å². The molecular formula is C8H14N2S. The van der Waals surface area contributed by atoms with Crippen LogP contribution in [0.4, 0.5) is 5.13 Å². The molecule has 0 radical (unpaired) electrons. The van der Waals surface area contributed by atoms with Crippen LogP contribution in [-0.4, -0.2) is 4.98 Å². The van der Waals surface area contributed by atoms with Gasteiger partial charge in [-0.05, 0) is 18.8 Å². The minimum Gasteiger partial charge on any atom is -0.375 e. The van der Waals surface area contributed by atoms with E-state index < -0.39 is 0 Å². The van der Waals surface area contributed by atoms with Gasteiger partial charge in [0.2, 0.25) is 0 Å². The summed E-state index contributed by atoms with van der Waals surface area (Å²) in [5.41, 5.74) is 5.53. The van der Waals surface area contributed by atoms with Crippen LogP contribution in [0.15, 0.2) is 6.20 Å². The van der Waals surface area contributed by atoms with Crippen LogP contribution in [0.2, 0.25) is 0 Å². The predicted molar refractivity (Wildman–Crippen MR) is 49.8 cm³/mol. The van der Waals surface area contributed by atoms with Crippen LogP contribution in [0, 0.1) is 0 Å². The van der Waals surface area contributed by atoms with Gasteiger partial charge >= 0.3 is 0 Å². The molecule has 0 saturated heterocycles. The first kappa shape index (κ1) is 8.53.